The number of methoxy groups -OCH3 is 1. The van der Waals surface area contributed by atoms with Crippen molar-refractivity contribution in [1.82, 2.24) is 35.1 Å². The van der Waals surface area contributed by atoms with Crippen LogP contribution in [-0.4, -0.2) is 79.3 Å². The molecule has 8 rings (SSSR count). The number of carbonyl (C=O) groups excluding carboxylic acids is 3. The van der Waals surface area contributed by atoms with Gasteiger partial charge in [0.2, 0.25) is 11.8 Å². The Morgan fingerprint density at radius 2 is 1.26 bits per heavy atom. The summed E-state index contributed by atoms with van der Waals surface area (Å²) in [5.74, 6) is 3.97. The first-order chi connectivity index (χ1) is 32.3. The van der Waals surface area contributed by atoms with Gasteiger partial charge in [0, 0.05) is 87.6 Å². The summed E-state index contributed by atoms with van der Waals surface area (Å²) in [7, 11) is 1.63. The number of nitrogens with zero attached hydrogens (tertiary/aromatic N) is 6. The SMILES string of the molecule is CC.CCNC(=O)c1ccc(Nc2ccc(Oc3ccc(COC)nc3)c(CN3CCCC3=O)c2)nc1.O=C1CCCN1Cc1cc(Nc2ccccn2)ccc1Oc1ccc(CO)nc1. The van der Waals surface area contributed by atoms with Gasteiger partial charge in [-0.25, -0.2) is 9.97 Å². The number of carbonyl (C=O) groups is 3. The van der Waals surface area contributed by atoms with Gasteiger partial charge in [-0.05, 0) is 105 Å². The van der Waals surface area contributed by atoms with E-state index >= 15 is 0 Å². The third-order valence-electron chi connectivity index (χ3n) is 10.3. The number of rotatable bonds is 17. The van der Waals surface area contributed by atoms with Crippen LogP contribution in [-0.2, 0) is 40.6 Å². The normalized spacial score (nSPS) is 13.0. The molecule has 2 aliphatic heterocycles. The number of anilines is 4. The monoisotopic (exact) mass is 895 g/mol. The number of benzene rings is 2. The predicted octanol–water partition coefficient (Wildman–Crippen LogP) is 8.68. The first kappa shape index (κ1) is 48.0. The van der Waals surface area contributed by atoms with Crippen molar-refractivity contribution in [3.05, 3.63) is 144 Å². The molecule has 2 fully saturated rings. The number of aromatic nitrogens is 4. The summed E-state index contributed by atoms with van der Waals surface area (Å²) in [4.78, 5) is 57.2. The van der Waals surface area contributed by atoms with Crippen LogP contribution in [0.2, 0.25) is 0 Å². The molecule has 0 radical (unpaired) electrons. The van der Waals surface area contributed by atoms with E-state index in [0.29, 0.717) is 79.2 Å². The predicted molar refractivity (Wildman–Crippen MR) is 252 cm³/mol. The van der Waals surface area contributed by atoms with E-state index in [1.54, 1.807) is 50.0 Å². The number of ether oxygens (including phenoxy) is 3. The number of hydrogen-bond donors (Lipinski definition) is 4. The maximum absolute atomic E-state index is 12.3. The first-order valence-corrected chi connectivity index (χ1v) is 22.1. The summed E-state index contributed by atoms with van der Waals surface area (Å²) in [6.45, 7) is 9.15. The van der Waals surface area contributed by atoms with Gasteiger partial charge < -0.3 is 45.1 Å². The minimum atomic E-state index is -0.157. The van der Waals surface area contributed by atoms with Crippen molar-refractivity contribution in [2.24, 2.45) is 0 Å². The lowest BCUT2D eigenvalue weighted by Crippen LogP contribution is -2.24. The lowest BCUT2D eigenvalue weighted by Gasteiger charge is -2.19. The number of likely N-dealkylation sites (tertiary alicyclic amines) is 2. The fourth-order valence-electron chi connectivity index (χ4n) is 7.03. The van der Waals surface area contributed by atoms with Gasteiger partial charge in [-0.2, -0.15) is 0 Å². The van der Waals surface area contributed by atoms with Crippen LogP contribution in [0.3, 0.4) is 0 Å². The number of nitrogens with one attached hydrogen (secondary N) is 3. The Morgan fingerprint density at radius 3 is 1.70 bits per heavy atom. The van der Waals surface area contributed by atoms with E-state index in [9.17, 15) is 14.4 Å². The van der Waals surface area contributed by atoms with Gasteiger partial charge in [-0.3, -0.25) is 24.4 Å². The van der Waals surface area contributed by atoms with E-state index in [1.165, 1.54) is 6.20 Å². The molecule has 4 N–H and O–H groups in total. The Bertz CT molecular complexity index is 2490. The molecule has 16 nitrogen and oxygen atoms in total. The van der Waals surface area contributed by atoms with Crippen LogP contribution in [0.25, 0.3) is 0 Å². The van der Waals surface area contributed by atoms with Crippen molar-refractivity contribution in [2.75, 3.05) is 37.4 Å². The lowest BCUT2D eigenvalue weighted by atomic mass is 10.1. The van der Waals surface area contributed by atoms with Gasteiger partial charge in [0.25, 0.3) is 5.91 Å². The maximum Gasteiger partial charge on any atom is 0.252 e. The highest BCUT2D eigenvalue weighted by Crippen LogP contribution is 2.33. The molecule has 6 aromatic rings. The highest BCUT2D eigenvalue weighted by molar-refractivity contribution is 5.94. The second-order valence-corrected chi connectivity index (χ2v) is 15.0. The molecule has 4 aromatic heterocycles. The zero-order valence-electron chi connectivity index (χ0n) is 37.8. The van der Waals surface area contributed by atoms with E-state index in [4.69, 9.17) is 19.3 Å². The molecule has 16 heteroatoms. The minimum Gasteiger partial charge on any atom is -0.455 e. The second-order valence-electron chi connectivity index (χ2n) is 15.0. The average molecular weight is 896 g/mol. The molecule has 6 heterocycles. The summed E-state index contributed by atoms with van der Waals surface area (Å²) in [5, 5.41) is 18.4. The number of amides is 3. The van der Waals surface area contributed by atoms with Gasteiger partial charge in [-0.15, -0.1) is 0 Å². The fourth-order valence-corrected chi connectivity index (χ4v) is 7.03. The molecular formula is C50H57N9O7. The maximum atomic E-state index is 12.3. The van der Waals surface area contributed by atoms with Crippen molar-refractivity contribution in [1.29, 1.82) is 0 Å². The van der Waals surface area contributed by atoms with Crippen LogP contribution >= 0.6 is 0 Å². The standard InChI is InChI=1S/C26H29N5O4.C22H22N4O3.C2H6/c1-3-27-26(33)18-6-11-24(29-14-18)30-20-8-10-23(19(13-20)16-31-12-4-5-25(31)32)35-22-9-7-21(17-34-2)28-15-22;27-15-18-6-8-19(13-24-18)29-20-9-7-17(25-21-4-1-2-10-23-21)12-16(20)14-26-11-3-5-22(26)28;1-2/h6-11,13-15H,3-5,12,16-17H2,1-2H3,(H,27,33)(H,29,30);1-2,4,6-10,12-13,27H,3,5,11,14-15H2,(H,23,25);1-2H3. The lowest BCUT2D eigenvalue weighted by molar-refractivity contribution is -0.129. The van der Waals surface area contributed by atoms with Crippen LogP contribution in [0, 0.1) is 0 Å². The van der Waals surface area contributed by atoms with E-state index in [-0.39, 0.29) is 24.3 Å². The molecule has 0 unspecified atom stereocenters. The summed E-state index contributed by atoms with van der Waals surface area (Å²) >= 11 is 0. The zero-order valence-corrected chi connectivity index (χ0v) is 37.8. The molecule has 344 valence electrons. The molecule has 3 amide bonds. The number of hydrogen-bond acceptors (Lipinski definition) is 13. The Morgan fingerprint density at radius 1 is 0.682 bits per heavy atom. The van der Waals surface area contributed by atoms with Gasteiger partial charge in [0.15, 0.2) is 0 Å². The van der Waals surface area contributed by atoms with Crippen LogP contribution in [0.5, 0.6) is 23.0 Å². The van der Waals surface area contributed by atoms with Gasteiger partial charge in [0.05, 0.1) is 42.6 Å². The topological polar surface area (TPSA) is 193 Å². The molecule has 2 aromatic carbocycles. The quantitative estimate of drug-likeness (QED) is 0.0680. The Balaban J connectivity index is 0.000000214. The molecule has 0 spiro atoms. The van der Waals surface area contributed by atoms with E-state index < -0.39 is 0 Å². The zero-order chi connectivity index (χ0) is 46.7. The highest BCUT2D eigenvalue weighted by Gasteiger charge is 2.23. The fraction of sp³-hybridized carbons (Fsp3) is 0.300. The van der Waals surface area contributed by atoms with Crippen molar-refractivity contribution >= 4 is 40.7 Å². The van der Waals surface area contributed by atoms with Gasteiger partial charge >= 0.3 is 0 Å². The molecule has 2 aliphatic rings. The van der Waals surface area contributed by atoms with Crippen molar-refractivity contribution < 1.29 is 33.7 Å². The molecule has 0 atom stereocenters. The van der Waals surface area contributed by atoms with Crippen LogP contribution in [0.1, 0.15) is 79.3 Å². The minimum absolute atomic E-state index is 0.115. The van der Waals surface area contributed by atoms with Crippen molar-refractivity contribution in [3.8, 4) is 23.0 Å². The number of pyridine rings is 4. The second kappa shape index (κ2) is 24.6. The molecule has 2 saturated heterocycles. The van der Waals surface area contributed by atoms with E-state index in [2.05, 4.69) is 35.9 Å². The molecule has 66 heavy (non-hydrogen) atoms. The van der Waals surface area contributed by atoms with Crippen molar-refractivity contribution in [3.63, 3.8) is 0 Å². The third kappa shape index (κ3) is 13.8. The van der Waals surface area contributed by atoms with Crippen LogP contribution in [0.4, 0.5) is 23.0 Å². The smallest absolute Gasteiger partial charge is 0.252 e. The van der Waals surface area contributed by atoms with Crippen molar-refractivity contribution in [2.45, 2.75) is 72.8 Å². The average Bonchev–Trinajstić information content (AvgIpc) is 3.95. The molecule has 0 bridgehead atoms. The summed E-state index contributed by atoms with van der Waals surface area (Å²) in [5.41, 5.74) is 5.32. The number of aliphatic hydroxyl groups excluding tert-OH is 1. The highest BCUT2D eigenvalue weighted by atomic mass is 16.5. The molecule has 0 aliphatic carbocycles. The number of aliphatic hydroxyl groups is 1. The Labute approximate surface area is 385 Å². The van der Waals surface area contributed by atoms with E-state index in [0.717, 1.165) is 59.9 Å². The van der Waals surface area contributed by atoms with Gasteiger partial charge in [-0.1, -0.05) is 19.9 Å². The summed E-state index contributed by atoms with van der Waals surface area (Å²) in [6.07, 6.45) is 9.41. The van der Waals surface area contributed by atoms with Gasteiger partial charge in [0.1, 0.15) is 34.6 Å². The van der Waals surface area contributed by atoms with Crippen LogP contribution in [0.15, 0.2) is 116 Å². The van der Waals surface area contributed by atoms with Crippen LogP contribution < -0.4 is 25.4 Å². The summed E-state index contributed by atoms with van der Waals surface area (Å²) < 4.78 is 17.3. The van der Waals surface area contributed by atoms with E-state index in [1.807, 2.05) is 97.3 Å². The Hall–Kier alpha value is -7.43. The third-order valence-corrected chi connectivity index (χ3v) is 10.3. The largest absolute Gasteiger partial charge is 0.455 e. The summed E-state index contributed by atoms with van der Waals surface area (Å²) in [6, 6.07) is 27.8. The molecular weight excluding hydrogens is 839 g/mol. The first-order valence-electron chi connectivity index (χ1n) is 22.1. The Kier molecular flexibility index (Phi) is 17.9. The molecule has 0 saturated carbocycles.